The molecule has 1 heterocycles. The summed E-state index contributed by atoms with van der Waals surface area (Å²) in [5.74, 6) is -0.554. The second kappa shape index (κ2) is 7.13. The molecule has 2 aliphatic rings. The van der Waals surface area contributed by atoms with Gasteiger partial charge in [-0.25, -0.2) is 9.59 Å². The molecule has 1 saturated carbocycles. The van der Waals surface area contributed by atoms with Gasteiger partial charge in [0.25, 0.3) is 0 Å². The predicted octanol–water partition coefficient (Wildman–Crippen LogP) is 3.27. The molecule has 3 rings (SSSR count). The van der Waals surface area contributed by atoms with Crippen molar-refractivity contribution in [3.63, 3.8) is 0 Å². The van der Waals surface area contributed by atoms with Crippen LogP contribution in [0.25, 0.3) is 0 Å². The number of rotatable bonds is 3. The van der Waals surface area contributed by atoms with Crippen molar-refractivity contribution in [2.45, 2.75) is 37.2 Å². The van der Waals surface area contributed by atoms with E-state index in [0.29, 0.717) is 24.3 Å². The molecule has 1 aromatic rings. The molecule has 1 fully saturated rings. The van der Waals surface area contributed by atoms with E-state index < -0.39 is 17.5 Å². The number of benzene rings is 1. The van der Waals surface area contributed by atoms with E-state index in [1.807, 2.05) is 18.2 Å². The highest BCUT2D eigenvalue weighted by Crippen LogP contribution is 2.46. The third kappa shape index (κ3) is 3.31. The highest BCUT2D eigenvalue weighted by molar-refractivity contribution is 5.98. The molecular formula is C20H22O5. The first-order chi connectivity index (χ1) is 12.1. The third-order valence-corrected chi connectivity index (χ3v) is 5.09. The van der Waals surface area contributed by atoms with Crippen LogP contribution in [0.1, 0.15) is 37.2 Å². The minimum Gasteiger partial charge on any atom is -0.489 e. The topological polar surface area (TPSA) is 61.8 Å². The molecule has 0 saturated heterocycles. The molecule has 1 aromatic carbocycles. The van der Waals surface area contributed by atoms with Gasteiger partial charge in [0.2, 0.25) is 0 Å². The molecule has 1 aliphatic heterocycles. The first-order valence-electron chi connectivity index (χ1n) is 8.41. The molecule has 0 amide bonds. The molecule has 0 N–H and O–H groups in total. The van der Waals surface area contributed by atoms with Gasteiger partial charge in [0.1, 0.15) is 5.60 Å². The Hall–Kier alpha value is -2.56. The fraction of sp³-hybridized carbons (Fsp3) is 0.400. The van der Waals surface area contributed by atoms with Crippen molar-refractivity contribution in [2.75, 3.05) is 14.2 Å². The number of carbonyl (C=O) groups is 2. The largest absolute Gasteiger partial charge is 0.489 e. The molecule has 5 nitrogen and oxygen atoms in total. The second-order valence-electron chi connectivity index (χ2n) is 6.41. The number of hydrogen-bond acceptors (Lipinski definition) is 5. The molecule has 0 radical (unpaired) electrons. The summed E-state index contributed by atoms with van der Waals surface area (Å²) in [6.45, 7) is 0. The Bertz CT molecular complexity index is 709. The maximum Gasteiger partial charge on any atom is 0.341 e. The Balaban J connectivity index is 1.82. The van der Waals surface area contributed by atoms with E-state index in [1.165, 1.54) is 26.0 Å². The highest BCUT2D eigenvalue weighted by atomic mass is 16.5. The summed E-state index contributed by atoms with van der Waals surface area (Å²) >= 11 is 0. The van der Waals surface area contributed by atoms with Gasteiger partial charge in [-0.2, -0.15) is 0 Å². The van der Waals surface area contributed by atoms with Gasteiger partial charge in [-0.1, -0.05) is 30.3 Å². The fourth-order valence-corrected chi connectivity index (χ4v) is 3.67. The predicted molar refractivity (Wildman–Crippen MR) is 91.7 cm³/mol. The van der Waals surface area contributed by atoms with E-state index in [9.17, 15) is 9.59 Å². The lowest BCUT2D eigenvalue weighted by molar-refractivity contribution is -0.140. The number of carbonyl (C=O) groups excluding carboxylic acids is 2. The van der Waals surface area contributed by atoms with Crippen molar-refractivity contribution in [2.24, 2.45) is 0 Å². The zero-order valence-corrected chi connectivity index (χ0v) is 14.5. The molecule has 1 spiro atoms. The summed E-state index contributed by atoms with van der Waals surface area (Å²) in [7, 11) is 2.63. The molecule has 0 aromatic heterocycles. The van der Waals surface area contributed by atoms with Gasteiger partial charge in [-0.3, -0.25) is 0 Å². The molecule has 0 atom stereocenters. The van der Waals surface area contributed by atoms with E-state index in [0.717, 1.165) is 12.8 Å². The van der Waals surface area contributed by atoms with Crippen LogP contribution in [0.15, 0.2) is 53.8 Å². The first-order valence-corrected chi connectivity index (χ1v) is 8.41. The van der Waals surface area contributed by atoms with E-state index in [2.05, 4.69) is 12.1 Å². The van der Waals surface area contributed by atoms with Crippen LogP contribution in [0.2, 0.25) is 0 Å². The van der Waals surface area contributed by atoms with Crippen molar-refractivity contribution in [3.05, 3.63) is 59.4 Å². The molecule has 0 bridgehead atoms. The number of methoxy groups -OCH3 is 2. The highest BCUT2D eigenvalue weighted by Gasteiger charge is 2.45. The van der Waals surface area contributed by atoms with Gasteiger partial charge in [-0.05, 0) is 43.2 Å². The Morgan fingerprint density at radius 2 is 1.68 bits per heavy atom. The minimum absolute atomic E-state index is 0.221. The molecule has 5 heteroatoms. The fourth-order valence-electron chi connectivity index (χ4n) is 3.67. The zero-order valence-electron chi connectivity index (χ0n) is 14.5. The van der Waals surface area contributed by atoms with Crippen LogP contribution in [-0.4, -0.2) is 31.8 Å². The smallest absolute Gasteiger partial charge is 0.341 e. The van der Waals surface area contributed by atoms with Gasteiger partial charge < -0.3 is 14.2 Å². The Kier molecular flexibility index (Phi) is 4.93. The van der Waals surface area contributed by atoms with E-state index in [-0.39, 0.29) is 5.57 Å². The number of hydrogen-bond donors (Lipinski definition) is 0. The Morgan fingerprint density at radius 3 is 2.28 bits per heavy atom. The average molecular weight is 342 g/mol. The molecule has 132 valence electrons. The average Bonchev–Trinajstić information content (AvgIpc) is 2.68. The molecule has 1 aliphatic carbocycles. The van der Waals surface area contributed by atoms with Gasteiger partial charge in [-0.15, -0.1) is 0 Å². The zero-order chi connectivity index (χ0) is 17.9. The lowest BCUT2D eigenvalue weighted by Gasteiger charge is -2.41. The van der Waals surface area contributed by atoms with Gasteiger partial charge in [0.05, 0.1) is 31.6 Å². The molecular weight excluding hydrogens is 320 g/mol. The maximum atomic E-state index is 12.3. The lowest BCUT2D eigenvalue weighted by atomic mass is 9.72. The minimum atomic E-state index is -0.726. The Morgan fingerprint density at radius 1 is 1.04 bits per heavy atom. The van der Waals surface area contributed by atoms with Crippen LogP contribution < -0.4 is 0 Å². The van der Waals surface area contributed by atoms with Crippen LogP contribution in [0.5, 0.6) is 0 Å². The first kappa shape index (κ1) is 17.3. The molecule has 0 unspecified atom stereocenters. The van der Waals surface area contributed by atoms with Crippen molar-refractivity contribution < 1.29 is 23.8 Å². The van der Waals surface area contributed by atoms with Crippen LogP contribution >= 0.6 is 0 Å². The van der Waals surface area contributed by atoms with Crippen LogP contribution in [0.3, 0.4) is 0 Å². The summed E-state index contributed by atoms with van der Waals surface area (Å²) in [5.41, 5.74) is 1.20. The monoisotopic (exact) mass is 342 g/mol. The van der Waals surface area contributed by atoms with Crippen LogP contribution in [-0.2, 0) is 23.8 Å². The molecule has 25 heavy (non-hydrogen) atoms. The lowest BCUT2D eigenvalue weighted by Crippen LogP contribution is -2.42. The van der Waals surface area contributed by atoms with E-state index >= 15 is 0 Å². The standard InChI is InChI=1S/C20H22O5/c1-23-18(21)16-12-17(19(22)24-2)20(25-13-16)10-8-15(9-11-20)14-6-4-3-5-7-14/h3-7,12-13,15H,8-11H2,1-2H3. The third-order valence-electron chi connectivity index (χ3n) is 5.09. The van der Waals surface area contributed by atoms with Crippen molar-refractivity contribution in [1.29, 1.82) is 0 Å². The summed E-state index contributed by atoms with van der Waals surface area (Å²) in [6, 6.07) is 10.4. The normalized spacial score (nSPS) is 25.4. The van der Waals surface area contributed by atoms with Crippen LogP contribution in [0.4, 0.5) is 0 Å². The van der Waals surface area contributed by atoms with Crippen molar-refractivity contribution in [1.82, 2.24) is 0 Å². The van der Waals surface area contributed by atoms with Crippen molar-refractivity contribution in [3.8, 4) is 0 Å². The number of ether oxygens (including phenoxy) is 3. The summed E-state index contributed by atoms with van der Waals surface area (Å²) in [5, 5.41) is 0. The van der Waals surface area contributed by atoms with Gasteiger partial charge >= 0.3 is 11.9 Å². The number of esters is 2. The van der Waals surface area contributed by atoms with Crippen LogP contribution in [0, 0.1) is 0 Å². The second-order valence-corrected chi connectivity index (χ2v) is 6.41. The van der Waals surface area contributed by atoms with E-state index in [4.69, 9.17) is 14.2 Å². The quantitative estimate of drug-likeness (QED) is 0.789. The van der Waals surface area contributed by atoms with Gasteiger partial charge in [0, 0.05) is 0 Å². The summed E-state index contributed by atoms with van der Waals surface area (Å²) in [4.78, 5) is 24.1. The van der Waals surface area contributed by atoms with E-state index in [1.54, 1.807) is 6.08 Å². The summed E-state index contributed by atoms with van der Waals surface area (Å²) in [6.07, 6.45) is 6.14. The Labute approximate surface area is 147 Å². The summed E-state index contributed by atoms with van der Waals surface area (Å²) < 4.78 is 15.6. The maximum absolute atomic E-state index is 12.3. The SMILES string of the molecule is COC(=O)C1=COC2(CCC(c3ccccc3)CC2)C(C(=O)OC)=C1. The van der Waals surface area contributed by atoms with Crippen molar-refractivity contribution >= 4 is 11.9 Å². The van der Waals surface area contributed by atoms with Gasteiger partial charge in [0.15, 0.2) is 0 Å².